The zero-order chi connectivity index (χ0) is 34.0. The first kappa shape index (κ1) is 47.9. The number of hydrogen-bond donors (Lipinski definition) is 0. The molecule has 2 saturated carbocycles. The molecule has 1 aliphatic heterocycles. The third-order valence-electron chi connectivity index (χ3n) is 7.33. The van der Waals surface area contributed by atoms with Crippen LogP contribution in [0.15, 0.2) is 24.3 Å². The minimum atomic E-state index is 0. The Morgan fingerprint density at radius 1 is 0.705 bits per heavy atom. The first-order chi connectivity index (χ1) is 19.5. The first-order valence-electron chi connectivity index (χ1n) is 17.4. The van der Waals surface area contributed by atoms with E-state index in [1.807, 2.05) is 24.3 Å². The van der Waals surface area contributed by atoms with Crippen molar-refractivity contribution in [1.29, 1.82) is 0 Å². The maximum absolute atomic E-state index is 5.08. The summed E-state index contributed by atoms with van der Waals surface area (Å²) in [5, 5.41) is 0. The smallest absolute Gasteiger partial charge is 0.454 e. The van der Waals surface area contributed by atoms with Crippen molar-refractivity contribution in [3.63, 3.8) is 0 Å². The molecule has 4 rings (SSSR count). The first-order valence-corrected chi connectivity index (χ1v) is 17.4. The Hall–Kier alpha value is -0.492. The van der Waals surface area contributed by atoms with Gasteiger partial charge in [-0.05, 0) is 70.8 Å². The standard InChI is InChI=1S/C10H20.C9H18.C7H6O2.C6H14.C5H12.C4H8.W/c1-5-10(6-7-10)8-9(2,3)4;1-9(2,3)7-8-5-4-6-8;1-2-4-7-6(3-1)8-5-9-7;1-5-6(2,3)4;1-5(2,3)4;1-3-4-2;/h5-8H2,1-4H3;8H,4-7H2,1-3H3;1-4H,5H2;5H2,1-4H3;1-4H3;1-4H2;/q;;;;;-2;+2. The van der Waals surface area contributed by atoms with Crippen LogP contribution in [-0.4, -0.2) is 6.79 Å². The van der Waals surface area contributed by atoms with Crippen LogP contribution in [0.5, 0.6) is 11.5 Å². The maximum Gasteiger partial charge on any atom is 2.00 e. The molecule has 1 aromatic rings. The number of para-hydroxylation sites is 2. The fourth-order valence-electron chi connectivity index (χ4n) is 4.37. The molecule has 0 saturated heterocycles. The van der Waals surface area contributed by atoms with Crippen molar-refractivity contribution >= 4 is 0 Å². The molecule has 0 spiro atoms. The summed E-state index contributed by atoms with van der Waals surface area (Å²) < 4.78 is 10.2. The third-order valence-corrected chi connectivity index (χ3v) is 7.33. The van der Waals surface area contributed by atoms with Gasteiger partial charge in [0.25, 0.3) is 0 Å². The van der Waals surface area contributed by atoms with Crippen LogP contribution < -0.4 is 9.47 Å². The van der Waals surface area contributed by atoms with E-state index in [1.165, 1.54) is 57.8 Å². The molecule has 260 valence electrons. The van der Waals surface area contributed by atoms with Crippen LogP contribution >= 0.6 is 0 Å². The van der Waals surface area contributed by atoms with Gasteiger partial charge in [-0.1, -0.05) is 148 Å². The number of rotatable bonds is 4. The van der Waals surface area contributed by atoms with Gasteiger partial charge in [-0.15, -0.1) is 0 Å². The molecule has 1 aromatic carbocycles. The zero-order valence-electron chi connectivity index (χ0n) is 32.5. The summed E-state index contributed by atoms with van der Waals surface area (Å²) in [6.07, 6.45) is 14.9. The summed E-state index contributed by atoms with van der Waals surface area (Å²) in [5.41, 5.74) is 2.94. The third kappa shape index (κ3) is 32.9. The van der Waals surface area contributed by atoms with Gasteiger partial charge in [0, 0.05) is 0 Å². The van der Waals surface area contributed by atoms with E-state index in [0.29, 0.717) is 28.5 Å². The minimum Gasteiger partial charge on any atom is -0.454 e. The van der Waals surface area contributed by atoms with E-state index >= 15 is 0 Å². The second kappa shape index (κ2) is 22.9. The van der Waals surface area contributed by atoms with Gasteiger partial charge in [0.15, 0.2) is 11.5 Å². The Labute approximate surface area is 293 Å². The van der Waals surface area contributed by atoms with Gasteiger partial charge in [-0.3, -0.25) is 0 Å². The Bertz CT molecular complexity index is 763. The molecule has 0 amide bonds. The molecular formula is C41H78O2W. The van der Waals surface area contributed by atoms with Crippen molar-refractivity contribution in [2.45, 2.75) is 174 Å². The molecule has 0 atom stereocenters. The van der Waals surface area contributed by atoms with Crippen molar-refractivity contribution in [3.8, 4) is 11.5 Å². The van der Waals surface area contributed by atoms with Crippen LogP contribution in [0.2, 0.25) is 0 Å². The Balaban J connectivity index is -0.000000470. The summed E-state index contributed by atoms with van der Waals surface area (Å²) in [6, 6.07) is 7.63. The number of benzene rings is 1. The second-order valence-electron chi connectivity index (χ2n) is 18.1. The van der Waals surface area contributed by atoms with E-state index in [1.54, 1.807) is 0 Å². The topological polar surface area (TPSA) is 18.5 Å². The summed E-state index contributed by atoms with van der Waals surface area (Å²) >= 11 is 0. The summed E-state index contributed by atoms with van der Waals surface area (Å²) in [6.45, 7) is 41.5. The molecule has 3 aliphatic rings. The van der Waals surface area contributed by atoms with Gasteiger partial charge in [0.2, 0.25) is 6.79 Å². The predicted octanol–water partition coefficient (Wildman–Crippen LogP) is 14.2. The molecule has 2 nitrogen and oxygen atoms in total. The molecule has 2 fully saturated rings. The monoisotopic (exact) mass is 787 g/mol. The molecule has 3 heteroatoms. The van der Waals surface area contributed by atoms with Gasteiger partial charge in [0.05, 0.1) is 0 Å². The van der Waals surface area contributed by atoms with Crippen LogP contribution in [-0.2, 0) is 21.1 Å². The normalized spacial score (nSPS) is 16.1. The fraction of sp³-hybridized carbons (Fsp3) is 0.805. The maximum atomic E-state index is 5.08. The van der Waals surface area contributed by atoms with Crippen molar-refractivity contribution in [3.05, 3.63) is 38.1 Å². The quantitative estimate of drug-likeness (QED) is 0.283. The Morgan fingerprint density at radius 3 is 1.25 bits per heavy atom. The molecule has 44 heavy (non-hydrogen) atoms. The van der Waals surface area contributed by atoms with E-state index in [-0.39, 0.29) is 21.1 Å². The van der Waals surface area contributed by atoms with E-state index in [2.05, 4.69) is 118 Å². The van der Waals surface area contributed by atoms with Crippen LogP contribution in [0, 0.1) is 46.8 Å². The Kier molecular flexibility index (Phi) is 25.0. The number of hydrogen-bond acceptors (Lipinski definition) is 2. The fourth-order valence-corrected chi connectivity index (χ4v) is 4.37. The van der Waals surface area contributed by atoms with Crippen molar-refractivity contribution in [2.24, 2.45) is 33.0 Å². The van der Waals surface area contributed by atoms with Crippen molar-refractivity contribution in [2.75, 3.05) is 6.79 Å². The average Bonchev–Trinajstić information content (AvgIpc) is 3.42. The van der Waals surface area contributed by atoms with Crippen LogP contribution in [0.4, 0.5) is 0 Å². The molecule has 0 aromatic heterocycles. The minimum absolute atomic E-state index is 0. The van der Waals surface area contributed by atoms with E-state index < -0.39 is 0 Å². The SMILES string of the molecule is CC(C)(C)C.CC(C)(C)CC1CCC1.CCC(C)(C)C.CCC1(CC(C)(C)C)CC1.[CH2-]CC[CH2-].[W+2].c1ccc2c(c1)OCO2. The largest absolute Gasteiger partial charge is 2.00 e. The molecule has 0 bridgehead atoms. The summed E-state index contributed by atoms with van der Waals surface area (Å²) in [4.78, 5) is 0. The van der Waals surface area contributed by atoms with Gasteiger partial charge >= 0.3 is 21.1 Å². The molecule has 1 heterocycles. The van der Waals surface area contributed by atoms with Crippen LogP contribution in [0.1, 0.15) is 174 Å². The molecule has 0 N–H and O–H groups in total. The number of ether oxygens (including phenoxy) is 2. The average molecular weight is 787 g/mol. The number of unbranched alkanes of at least 4 members (excludes halogenated alkanes) is 1. The van der Waals surface area contributed by atoms with Gasteiger partial charge in [-0.2, -0.15) is 0 Å². The predicted molar refractivity (Wildman–Crippen MR) is 195 cm³/mol. The van der Waals surface area contributed by atoms with Crippen molar-refractivity contribution < 1.29 is 30.5 Å². The zero-order valence-corrected chi connectivity index (χ0v) is 35.4. The van der Waals surface area contributed by atoms with Gasteiger partial charge in [0.1, 0.15) is 0 Å². The number of fused-ring (bicyclic) bond motifs is 1. The summed E-state index contributed by atoms with van der Waals surface area (Å²) in [7, 11) is 0. The molecule has 2 aliphatic carbocycles. The van der Waals surface area contributed by atoms with E-state index in [0.717, 1.165) is 35.7 Å². The van der Waals surface area contributed by atoms with Gasteiger partial charge < -0.3 is 23.3 Å². The van der Waals surface area contributed by atoms with Gasteiger partial charge in [-0.25, -0.2) is 12.8 Å². The molecule has 0 radical (unpaired) electrons. The van der Waals surface area contributed by atoms with Crippen LogP contribution in [0.25, 0.3) is 0 Å². The van der Waals surface area contributed by atoms with Crippen molar-refractivity contribution in [1.82, 2.24) is 0 Å². The van der Waals surface area contributed by atoms with E-state index in [4.69, 9.17) is 9.47 Å². The van der Waals surface area contributed by atoms with E-state index in [9.17, 15) is 0 Å². The second-order valence-corrected chi connectivity index (χ2v) is 18.1. The van der Waals surface area contributed by atoms with Crippen LogP contribution in [0.3, 0.4) is 0 Å². The molecular weight excluding hydrogens is 708 g/mol. The molecule has 0 unspecified atom stereocenters. The Morgan fingerprint density at radius 2 is 1.09 bits per heavy atom. The summed E-state index contributed by atoms with van der Waals surface area (Å²) in [5.74, 6) is 2.76.